The highest BCUT2D eigenvalue weighted by molar-refractivity contribution is 5.48. The normalized spacial score (nSPS) is 14.3. The van der Waals surface area contributed by atoms with Gasteiger partial charge in [0.2, 0.25) is 5.88 Å². The number of terminal acetylenes is 1. The van der Waals surface area contributed by atoms with Crippen LogP contribution in [0.15, 0.2) is 0 Å². The molecule has 1 heterocycles. The van der Waals surface area contributed by atoms with Crippen LogP contribution in [0.3, 0.4) is 0 Å². The zero-order chi connectivity index (χ0) is 11.5. The first-order valence-electron chi connectivity index (χ1n) is 5.17. The van der Waals surface area contributed by atoms with Crippen molar-refractivity contribution in [1.82, 2.24) is 9.97 Å². The van der Waals surface area contributed by atoms with Crippen molar-refractivity contribution in [2.24, 2.45) is 5.84 Å². The van der Waals surface area contributed by atoms with Crippen molar-refractivity contribution in [2.45, 2.75) is 25.7 Å². The minimum absolute atomic E-state index is 0.200. The molecular weight excluding hydrogens is 204 g/mol. The number of hydrogen-bond donors (Lipinski definition) is 2. The Morgan fingerprint density at radius 2 is 2.31 bits per heavy atom. The Bertz CT molecular complexity index is 434. The molecule has 5 nitrogen and oxygen atoms in total. The molecule has 0 bridgehead atoms. The molecule has 0 unspecified atom stereocenters. The zero-order valence-electron chi connectivity index (χ0n) is 9.16. The van der Waals surface area contributed by atoms with Crippen LogP contribution in [0.2, 0.25) is 0 Å². The van der Waals surface area contributed by atoms with E-state index in [9.17, 15) is 0 Å². The third-order valence-electron chi connectivity index (χ3n) is 2.49. The van der Waals surface area contributed by atoms with Crippen molar-refractivity contribution < 1.29 is 4.74 Å². The summed E-state index contributed by atoms with van der Waals surface area (Å²) in [6, 6.07) is 0. The summed E-state index contributed by atoms with van der Waals surface area (Å²) in [5.74, 6) is 10.2. The van der Waals surface area contributed by atoms with Crippen molar-refractivity contribution >= 4 is 5.82 Å². The highest BCUT2D eigenvalue weighted by Crippen LogP contribution is 2.39. The van der Waals surface area contributed by atoms with E-state index in [0.29, 0.717) is 17.6 Å². The third-order valence-corrected chi connectivity index (χ3v) is 2.49. The number of nitrogens with one attached hydrogen (secondary N) is 1. The lowest BCUT2D eigenvalue weighted by molar-refractivity contribution is 0.350. The molecule has 0 saturated heterocycles. The molecule has 1 aliphatic rings. The van der Waals surface area contributed by atoms with Gasteiger partial charge in [0.1, 0.15) is 11.6 Å². The number of nitrogens with zero attached hydrogens (tertiary/aromatic N) is 2. The van der Waals surface area contributed by atoms with E-state index in [4.69, 9.17) is 17.0 Å². The third kappa shape index (κ3) is 2.07. The van der Waals surface area contributed by atoms with Gasteiger partial charge in [0.05, 0.1) is 5.56 Å². The van der Waals surface area contributed by atoms with Gasteiger partial charge >= 0.3 is 0 Å². The van der Waals surface area contributed by atoms with Gasteiger partial charge in [-0.25, -0.2) is 10.8 Å². The first-order chi connectivity index (χ1) is 7.76. The fourth-order valence-electron chi connectivity index (χ4n) is 1.43. The van der Waals surface area contributed by atoms with Gasteiger partial charge in [-0.05, 0) is 19.8 Å². The molecule has 2 rings (SSSR count). The average Bonchev–Trinajstić information content (AvgIpc) is 3.11. The van der Waals surface area contributed by atoms with E-state index >= 15 is 0 Å². The molecule has 16 heavy (non-hydrogen) atoms. The van der Waals surface area contributed by atoms with E-state index in [-0.39, 0.29) is 6.61 Å². The van der Waals surface area contributed by atoms with Gasteiger partial charge in [0, 0.05) is 5.92 Å². The second kappa shape index (κ2) is 4.37. The maximum absolute atomic E-state index is 5.40. The molecule has 3 N–H and O–H groups in total. The van der Waals surface area contributed by atoms with Gasteiger partial charge in [-0.2, -0.15) is 4.98 Å². The number of nitrogen functional groups attached to an aromatic ring is 1. The number of hydrazine groups is 1. The number of anilines is 1. The molecule has 1 saturated carbocycles. The van der Waals surface area contributed by atoms with Gasteiger partial charge in [-0.15, -0.1) is 6.42 Å². The molecule has 1 aromatic heterocycles. The first kappa shape index (κ1) is 10.7. The number of nitrogens with two attached hydrogens (primary N) is 1. The Kier molecular flexibility index (Phi) is 2.93. The molecule has 0 atom stereocenters. The lowest BCUT2D eigenvalue weighted by atomic mass is 10.3. The first-order valence-corrected chi connectivity index (χ1v) is 5.17. The summed E-state index contributed by atoms with van der Waals surface area (Å²) in [5, 5.41) is 0. The van der Waals surface area contributed by atoms with E-state index in [1.165, 1.54) is 0 Å². The van der Waals surface area contributed by atoms with Crippen LogP contribution in [0, 0.1) is 19.3 Å². The predicted octanol–water partition coefficient (Wildman–Crippen LogP) is 0.960. The van der Waals surface area contributed by atoms with Crippen LogP contribution < -0.4 is 16.0 Å². The van der Waals surface area contributed by atoms with Gasteiger partial charge in [-0.1, -0.05) is 5.92 Å². The summed E-state index contributed by atoms with van der Waals surface area (Å²) < 4.78 is 5.36. The van der Waals surface area contributed by atoms with Crippen molar-refractivity contribution in [2.75, 3.05) is 12.0 Å². The fraction of sp³-hybridized carbons (Fsp3) is 0.455. The Morgan fingerprint density at radius 3 is 2.88 bits per heavy atom. The average molecular weight is 218 g/mol. The zero-order valence-corrected chi connectivity index (χ0v) is 9.16. The van der Waals surface area contributed by atoms with E-state index in [0.717, 1.165) is 24.2 Å². The summed E-state index contributed by atoms with van der Waals surface area (Å²) in [5.41, 5.74) is 3.33. The summed E-state index contributed by atoms with van der Waals surface area (Å²) in [7, 11) is 0. The maximum Gasteiger partial charge on any atom is 0.222 e. The van der Waals surface area contributed by atoms with Crippen LogP contribution in [0.25, 0.3) is 0 Å². The minimum Gasteiger partial charge on any atom is -0.464 e. The number of ether oxygens (including phenoxy) is 1. The van der Waals surface area contributed by atoms with E-state index < -0.39 is 0 Å². The molecule has 0 spiro atoms. The Morgan fingerprint density at radius 1 is 1.56 bits per heavy atom. The SMILES string of the molecule is C#CCOc1nc(C2CC2)nc(NN)c1C. The van der Waals surface area contributed by atoms with Crippen LogP contribution in [0.4, 0.5) is 5.82 Å². The Balaban J connectivity index is 2.33. The summed E-state index contributed by atoms with van der Waals surface area (Å²) in [6.07, 6.45) is 7.40. The van der Waals surface area contributed by atoms with Gasteiger partial charge in [0.15, 0.2) is 6.61 Å². The maximum atomic E-state index is 5.40. The van der Waals surface area contributed by atoms with Crippen molar-refractivity contribution in [1.29, 1.82) is 0 Å². The lowest BCUT2D eigenvalue weighted by Gasteiger charge is -2.11. The Labute approximate surface area is 94.4 Å². The largest absolute Gasteiger partial charge is 0.464 e. The van der Waals surface area contributed by atoms with Crippen LogP contribution in [0.5, 0.6) is 5.88 Å². The smallest absolute Gasteiger partial charge is 0.222 e. The topological polar surface area (TPSA) is 73.1 Å². The monoisotopic (exact) mass is 218 g/mol. The van der Waals surface area contributed by atoms with E-state index in [1.54, 1.807) is 0 Å². The molecular formula is C11H14N4O. The number of rotatable bonds is 4. The highest BCUT2D eigenvalue weighted by Gasteiger charge is 2.28. The number of aromatic nitrogens is 2. The minimum atomic E-state index is 0.200. The van der Waals surface area contributed by atoms with E-state index in [2.05, 4.69) is 21.3 Å². The van der Waals surface area contributed by atoms with Crippen LogP contribution >= 0.6 is 0 Å². The quantitative estimate of drug-likeness (QED) is 0.447. The van der Waals surface area contributed by atoms with Gasteiger partial charge < -0.3 is 10.2 Å². The number of hydrogen-bond acceptors (Lipinski definition) is 5. The molecule has 84 valence electrons. The molecule has 0 aliphatic heterocycles. The van der Waals surface area contributed by atoms with Crippen LogP contribution in [0.1, 0.15) is 30.1 Å². The Hall–Kier alpha value is -1.80. The molecule has 0 aromatic carbocycles. The molecule has 0 radical (unpaired) electrons. The van der Waals surface area contributed by atoms with Crippen molar-refractivity contribution in [3.05, 3.63) is 11.4 Å². The highest BCUT2D eigenvalue weighted by atomic mass is 16.5. The summed E-state index contributed by atoms with van der Waals surface area (Å²) in [4.78, 5) is 8.70. The molecule has 5 heteroatoms. The molecule has 0 amide bonds. The standard InChI is InChI=1S/C11H14N4O/c1-3-6-16-11-7(2)9(15-12)13-10(14-11)8-4-5-8/h1,8H,4-6,12H2,2H3,(H,13,14,15). The van der Waals surface area contributed by atoms with E-state index in [1.807, 2.05) is 6.92 Å². The van der Waals surface area contributed by atoms with Crippen LogP contribution in [-0.4, -0.2) is 16.6 Å². The second-order valence-electron chi connectivity index (χ2n) is 3.77. The predicted molar refractivity (Wildman–Crippen MR) is 60.9 cm³/mol. The van der Waals surface area contributed by atoms with Crippen molar-refractivity contribution in [3.8, 4) is 18.2 Å². The second-order valence-corrected chi connectivity index (χ2v) is 3.77. The molecule has 1 aliphatic carbocycles. The molecule has 1 fully saturated rings. The van der Waals surface area contributed by atoms with Gasteiger partial charge in [-0.3, -0.25) is 0 Å². The summed E-state index contributed by atoms with van der Waals surface area (Å²) >= 11 is 0. The molecule has 1 aromatic rings. The summed E-state index contributed by atoms with van der Waals surface area (Å²) in [6.45, 7) is 2.05. The van der Waals surface area contributed by atoms with Crippen LogP contribution in [-0.2, 0) is 0 Å². The van der Waals surface area contributed by atoms with Gasteiger partial charge in [0.25, 0.3) is 0 Å². The fourth-order valence-corrected chi connectivity index (χ4v) is 1.43. The lowest BCUT2D eigenvalue weighted by Crippen LogP contribution is -2.13. The van der Waals surface area contributed by atoms with Crippen molar-refractivity contribution in [3.63, 3.8) is 0 Å².